The lowest BCUT2D eigenvalue weighted by Gasteiger charge is -2.22. The summed E-state index contributed by atoms with van der Waals surface area (Å²) in [5.41, 5.74) is 2.01. The average molecular weight is 449 g/mol. The minimum atomic E-state index is -3.85. The van der Waals surface area contributed by atoms with E-state index in [0.717, 1.165) is 9.87 Å². The highest BCUT2D eigenvalue weighted by molar-refractivity contribution is 7.89. The molecule has 7 nitrogen and oxygen atoms in total. The zero-order valence-electron chi connectivity index (χ0n) is 17.4. The van der Waals surface area contributed by atoms with Crippen molar-refractivity contribution in [2.75, 3.05) is 13.2 Å². The van der Waals surface area contributed by atoms with Gasteiger partial charge in [-0.1, -0.05) is 29.8 Å². The number of rotatable bonds is 7. The summed E-state index contributed by atoms with van der Waals surface area (Å²) in [5.74, 6) is -1.68. The van der Waals surface area contributed by atoms with Crippen LogP contribution in [0, 0.1) is 19.7 Å². The molecule has 3 rings (SSSR count). The molecular weight excluding hydrogens is 423 g/mol. The van der Waals surface area contributed by atoms with Gasteiger partial charge in [0.1, 0.15) is 11.9 Å². The quantitative estimate of drug-likeness (QED) is 0.657. The Morgan fingerprint density at radius 3 is 2.55 bits per heavy atom. The molecule has 0 radical (unpaired) electrons. The zero-order chi connectivity index (χ0) is 22.6. The van der Waals surface area contributed by atoms with Crippen molar-refractivity contribution in [2.45, 2.75) is 44.2 Å². The first-order chi connectivity index (χ1) is 14.7. The number of ether oxygens (including phenoxy) is 1. The summed E-state index contributed by atoms with van der Waals surface area (Å²) in [4.78, 5) is 24.6. The molecule has 0 aliphatic carbocycles. The van der Waals surface area contributed by atoms with Gasteiger partial charge < -0.3 is 10.1 Å². The molecule has 0 spiro atoms. The Labute approximate surface area is 181 Å². The number of benzene rings is 2. The maximum absolute atomic E-state index is 13.6. The third-order valence-electron chi connectivity index (χ3n) is 5.17. The number of nitrogens with zero attached hydrogens (tertiary/aromatic N) is 1. The molecule has 1 fully saturated rings. The molecule has 1 aliphatic heterocycles. The maximum atomic E-state index is 13.6. The Bertz CT molecular complexity index is 1070. The minimum Gasteiger partial charge on any atom is -0.454 e. The Morgan fingerprint density at radius 1 is 1.16 bits per heavy atom. The standard InChI is InChI=1S/C22H25FN2O5S/c1-15-5-9-18(10-6-15)31(28,29)25-11-3-4-20(25)22(27)30-14-21(26)24-13-17-8-7-16(2)19(23)12-17/h5-10,12,20H,3-4,11,13-14H2,1-2H3,(H,24,26)/t20-/m1/s1. The van der Waals surface area contributed by atoms with Gasteiger partial charge in [0.25, 0.3) is 5.91 Å². The second kappa shape index (κ2) is 9.57. The molecule has 31 heavy (non-hydrogen) atoms. The van der Waals surface area contributed by atoms with Gasteiger partial charge in [-0.15, -0.1) is 0 Å². The molecule has 1 atom stereocenters. The Balaban J connectivity index is 1.56. The second-order valence-electron chi connectivity index (χ2n) is 7.55. The topological polar surface area (TPSA) is 92.8 Å². The van der Waals surface area contributed by atoms with E-state index < -0.39 is 34.5 Å². The first-order valence-corrected chi connectivity index (χ1v) is 11.4. The summed E-state index contributed by atoms with van der Waals surface area (Å²) in [6.07, 6.45) is 0.851. The summed E-state index contributed by atoms with van der Waals surface area (Å²) in [7, 11) is -3.85. The first-order valence-electron chi connectivity index (χ1n) is 9.95. The van der Waals surface area contributed by atoms with Crippen LogP contribution in [0.2, 0.25) is 0 Å². The van der Waals surface area contributed by atoms with Gasteiger partial charge in [-0.05, 0) is 56.0 Å². The lowest BCUT2D eigenvalue weighted by molar-refractivity contribution is -0.151. The molecule has 0 aromatic heterocycles. The number of amides is 1. The largest absolute Gasteiger partial charge is 0.454 e. The van der Waals surface area contributed by atoms with Crippen molar-refractivity contribution in [2.24, 2.45) is 0 Å². The predicted octanol–water partition coefficient (Wildman–Crippen LogP) is 2.46. The summed E-state index contributed by atoms with van der Waals surface area (Å²) in [6, 6.07) is 10.1. The fourth-order valence-corrected chi connectivity index (χ4v) is 4.99. The monoisotopic (exact) mass is 448 g/mol. The van der Waals surface area contributed by atoms with Crippen LogP contribution in [0.3, 0.4) is 0 Å². The second-order valence-corrected chi connectivity index (χ2v) is 9.45. The number of hydrogen-bond donors (Lipinski definition) is 1. The van der Waals surface area contributed by atoms with Gasteiger partial charge in [-0.2, -0.15) is 4.31 Å². The van der Waals surface area contributed by atoms with Crippen LogP contribution in [-0.2, 0) is 30.9 Å². The highest BCUT2D eigenvalue weighted by atomic mass is 32.2. The SMILES string of the molecule is Cc1ccc(S(=O)(=O)N2CCC[C@@H]2C(=O)OCC(=O)NCc2ccc(C)c(F)c2)cc1. The van der Waals surface area contributed by atoms with E-state index in [1.165, 1.54) is 18.2 Å². The van der Waals surface area contributed by atoms with E-state index in [1.807, 2.05) is 6.92 Å². The van der Waals surface area contributed by atoms with Crippen LogP contribution in [0.5, 0.6) is 0 Å². The van der Waals surface area contributed by atoms with E-state index >= 15 is 0 Å². The lowest BCUT2D eigenvalue weighted by Crippen LogP contribution is -2.42. The summed E-state index contributed by atoms with van der Waals surface area (Å²) in [5, 5.41) is 2.55. The molecule has 9 heteroatoms. The van der Waals surface area contributed by atoms with Crippen molar-refractivity contribution in [3.8, 4) is 0 Å². The van der Waals surface area contributed by atoms with E-state index in [2.05, 4.69) is 5.32 Å². The Kier molecular flexibility index (Phi) is 7.07. The lowest BCUT2D eigenvalue weighted by atomic mass is 10.1. The van der Waals surface area contributed by atoms with Gasteiger partial charge in [0.05, 0.1) is 4.90 Å². The van der Waals surface area contributed by atoms with Crippen molar-refractivity contribution in [3.05, 3.63) is 65.0 Å². The molecule has 166 valence electrons. The molecule has 1 N–H and O–H groups in total. The van der Waals surface area contributed by atoms with Crippen LogP contribution >= 0.6 is 0 Å². The number of esters is 1. The molecule has 2 aromatic rings. The predicted molar refractivity (Wildman–Crippen MR) is 112 cm³/mol. The molecule has 1 saturated heterocycles. The third kappa shape index (κ3) is 5.48. The molecular formula is C22H25FN2O5S. The number of sulfonamides is 1. The summed E-state index contributed by atoms with van der Waals surface area (Å²) in [6.45, 7) is 3.25. The van der Waals surface area contributed by atoms with Crippen LogP contribution in [0.15, 0.2) is 47.4 Å². The van der Waals surface area contributed by atoms with Crippen molar-refractivity contribution in [1.29, 1.82) is 0 Å². The fourth-order valence-electron chi connectivity index (χ4n) is 3.34. The van der Waals surface area contributed by atoms with Crippen molar-refractivity contribution in [1.82, 2.24) is 9.62 Å². The highest BCUT2D eigenvalue weighted by Gasteiger charge is 2.40. The van der Waals surface area contributed by atoms with Crippen molar-refractivity contribution >= 4 is 21.9 Å². The van der Waals surface area contributed by atoms with E-state index in [1.54, 1.807) is 31.2 Å². The van der Waals surface area contributed by atoms with E-state index in [9.17, 15) is 22.4 Å². The first kappa shape index (κ1) is 22.9. The number of carbonyl (C=O) groups is 2. The number of aryl methyl sites for hydroxylation is 2. The van der Waals surface area contributed by atoms with Gasteiger partial charge in [0.2, 0.25) is 10.0 Å². The third-order valence-corrected chi connectivity index (χ3v) is 7.10. The molecule has 1 heterocycles. The highest BCUT2D eigenvalue weighted by Crippen LogP contribution is 2.27. The Hall–Kier alpha value is -2.78. The van der Waals surface area contributed by atoms with Gasteiger partial charge in [-0.3, -0.25) is 9.59 Å². The fraction of sp³-hybridized carbons (Fsp3) is 0.364. The number of nitrogens with one attached hydrogen (secondary N) is 1. The smallest absolute Gasteiger partial charge is 0.324 e. The summed E-state index contributed by atoms with van der Waals surface area (Å²) < 4.78 is 45.6. The van der Waals surface area contributed by atoms with Crippen molar-refractivity contribution in [3.63, 3.8) is 0 Å². The zero-order valence-corrected chi connectivity index (χ0v) is 18.2. The molecule has 0 saturated carbocycles. The van der Waals surface area contributed by atoms with Crippen molar-refractivity contribution < 1.29 is 27.1 Å². The molecule has 0 unspecified atom stereocenters. The molecule has 1 aliphatic rings. The molecule has 0 bridgehead atoms. The number of hydrogen-bond acceptors (Lipinski definition) is 5. The van der Waals surface area contributed by atoms with Crippen LogP contribution in [0.4, 0.5) is 4.39 Å². The maximum Gasteiger partial charge on any atom is 0.324 e. The number of carbonyl (C=O) groups excluding carboxylic acids is 2. The van der Waals surface area contributed by atoms with E-state index in [4.69, 9.17) is 4.74 Å². The van der Waals surface area contributed by atoms with E-state index in [0.29, 0.717) is 24.0 Å². The van der Waals surface area contributed by atoms with Crippen LogP contribution in [0.25, 0.3) is 0 Å². The van der Waals surface area contributed by atoms with Gasteiger partial charge in [-0.25, -0.2) is 12.8 Å². The molecule has 2 aromatic carbocycles. The van der Waals surface area contributed by atoms with Gasteiger partial charge in [0, 0.05) is 13.1 Å². The van der Waals surface area contributed by atoms with Gasteiger partial charge >= 0.3 is 5.97 Å². The van der Waals surface area contributed by atoms with Gasteiger partial charge in [0.15, 0.2) is 6.61 Å². The Morgan fingerprint density at radius 2 is 1.87 bits per heavy atom. The van der Waals surface area contributed by atoms with Crippen LogP contribution in [-0.4, -0.2) is 43.8 Å². The summed E-state index contributed by atoms with van der Waals surface area (Å²) >= 11 is 0. The average Bonchev–Trinajstić information content (AvgIpc) is 3.24. The van der Waals surface area contributed by atoms with Crippen LogP contribution < -0.4 is 5.32 Å². The number of halogens is 1. The normalized spacial score (nSPS) is 16.8. The van der Waals surface area contributed by atoms with Crippen LogP contribution in [0.1, 0.15) is 29.5 Å². The molecule has 1 amide bonds. The van der Waals surface area contributed by atoms with E-state index in [-0.39, 0.29) is 23.8 Å². The minimum absolute atomic E-state index is 0.0882.